The zero-order chi connectivity index (χ0) is 25.7. The van der Waals surface area contributed by atoms with Crippen LogP contribution in [0.4, 0.5) is 5.69 Å². The van der Waals surface area contributed by atoms with Crippen LogP contribution in [0.25, 0.3) is 0 Å². The SMILES string of the molecule is CCOC(=O)c1ccc(N2C(=O)[C@@H](CC(N)=O)N(NC(=O)c3cc(OC)cc(OC)c3)C2=S)cc1. The molecular formula is C23H24N4O7S. The van der Waals surface area contributed by atoms with Gasteiger partial charge in [0, 0.05) is 11.6 Å². The van der Waals surface area contributed by atoms with Crippen LogP contribution in [0, 0.1) is 0 Å². The minimum atomic E-state index is -1.17. The predicted molar refractivity (Wildman–Crippen MR) is 129 cm³/mol. The molecule has 1 heterocycles. The van der Waals surface area contributed by atoms with Crippen LogP contribution in [0.3, 0.4) is 0 Å². The Bertz CT molecular complexity index is 1150. The van der Waals surface area contributed by atoms with Gasteiger partial charge in [-0.2, -0.15) is 0 Å². The van der Waals surface area contributed by atoms with Crippen molar-refractivity contribution < 1.29 is 33.4 Å². The summed E-state index contributed by atoms with van der Waals surface area (Å²) >= 11 is 5.47. The summed E-state index contributed by atoms with van der Waals surface area (Å²) < 4.78 is 15.3. The molecule has 0 aliphatic carbocycles. The Balaban J connectivity index is 1.90. The number of anilines is 1. The van der Waals surface area contributed by atoms with Gasteiger partial charge in [-0.15, -0.1) is 0 Å². The highest BCUT2D eigenvalue weighted by molar-refractivity contribution is 7.80. The number of hydrogen-bond acceptors (Lipinski definition) is 8. The number of thiocarbonyl (C=S) groups is 1. The Morgan fingerprint density at radius 2 is 1.63 bits per heavy atom. The molecule has 1 aliphatic heterocycles. The fourth-order valence-electron chi connectivity index (χ4n) is 3.40. The average molecular weight is 501 g/mol. The van der Waals surface area contributed by atoms with Crippen molar-refractivity contribution in [2.45, 2.75) is 19.4 Å². The Morgan fingerprint density at radius 1 is 1.03 bits per heavy atom. The topological polar surface area (TPSA) is 140 Å². The lowest BCUT2D eigenvalue weighted by atomic mass is 10.1. The van der Waals surface area contributed by atoms with Crippen LogP contribution in [0.5, 0.6) is 11.5 Å². The molecule has 2 aromatic carbocycles. The Hall–Kier alpha value is -4.19. The van der Waals surface area contributed by atoms with Gasteiger partial charge in [-0.3, -0.25) is 24.7 Å². The number of rotatable bonds is 9. The first-order valence-electron chi connectivity index (χ1n) is 10.5. The molecule has 0 unspecified atom stereocenters. The molecule has 35 heavy (non-hydrogen) atoms. The highest BCUT2D eigenvalue weighted by atomic mass is 32.1. The van der Waals surface area contributed by atoms with Crippen LogP contribution in [-0.4, -0.2) is 60.7 Å². The summed E-state index contributed by atoms with van der Waals surface area (Å²) in [4.78, 5) is 51.0. The molecule has 0 spiro atoms. The molecule has 0 bridgehead atoms. The third-order valence-electron chi connectivity index (χ3n) is 5.08. The summed E-state index contributed by atoms with van der Waals surface area (Å²) in [5.41, 5.74) is 8.72. The smallest absolute Gasteiger partial charge is 0.338 e. The van der Waals surface area contributed by atoms with Crippen molar-refractivity contribution in [3.05, 3.63) is 53.6 Å². The highest BCUT2D eigenvalue weighted by Gasteiger charge is 2.45. The fraction of sp³-hybridized carbons (Fsp3) is 0.261. The standard InChI is InChI=1S/C23H24N4O7S/c1-4-34-22(31)13-5-7-15(8-6-13)26-21(30)18(12-19(24)28)27(23(26)35)25-20(29)14-9-16(32-2)11-17(10-14)33-3/h5-11,18H,4,12H2,1-3H3,(H2,24,28)(H,25,29)/t18-/m1/s1. The summed E-state index contributed by atoms with van der Waals surface area (Å²) in [5.74, 6) is -1.69. The first-order chi connectivity index (χ1) is 16.7. The van der Waals surface area contributed by atoms with E-state index in [0.29, 0.717) is 22.7 Å². The molecule has 11 nitrogen and oxygen atoms in total. The van der Waals surface area contributed by atoms with E-state index in [9.17, 15) is 19.2 Å². The molecule has 3 rings (SSSR count). The van der Waals surface area contributed by atoms with Gasteiger partial charge >= 0.3 is 5.97 Å². The maximum Gasteiger partial charge on any atom is 0.338 e. The van der Waals surface area contributed by atoms with E-state index in [0.717, 1.165) is 9.91 Å². The van der Waals surface area contributed by atoms with Crippen molar-refractivity contribution in [2.75, 3.05) is 25.7 Å². The third kappa shape index (κ3) is 5.49. The van der Waals surface area contributed by atoms with E-state index in [1.54, 1.807) is 13.0 Å². The molecule has 2 aromatic rings. The minimum absolute atomic E-state index is 0.0756. The second-order valence-corrected chi connectivity index (χ2v) is 7.69. The van der Waals surface area contributed by atoms with Gasteiger partial charge in [0.1, 0.15) is 17.5 Å². The molecule has 0 aromatic heterocycles. The molecule has 0 saturated carbocycles. The van der Waals surface area contributed by atoms with Crippen LogP contribution in [-0.2, 0) is 14.3 Å². The summed E-state index contributed by atoms with van der Waals surface area (Å²) in [7, 11) is 2.89. The lowest BCUT2D eigenvalue weighted by Crippen LogP contribution is -2.49. The molecule has 12 heteroatoms. The summed E-state index contributed by atoms with van der Waals surface area (Å²) in [6, 6.07) is 9.37. The molecule has 3 amide bonds. The van der Waals surface area contributed by atoms with Crippen LogP contribution in [0.2, 0.25) is 0 Å². The predicted octanol–water partition coefficient (Wildman–Crippen LogP) is 1.40. The zero-order valence-corrected chi connectivity index (χ0v) is 20.1. The lowest BCUT2D eigenvalue weighted by molar-refractivity contribution is -0.125. The number of nitrogens with two attached hydrogens (primary N) is 1. The van der Waals surface area contributed by atoms with Crippen molar-refractivity contribution in [1.82, 2.24) is 10.4 Å². The number of amides is 3. The third-order valence-corrected chi connectivity index (χ3v) is 5.46. The normalized spacial score (nSPS) is 15.1. The van der Waals surface area contributed by atoms with Crippen molar-refractivity contribution in [2.24, 2.45) is 5.73 Å². The number of esters is 1. The fourth-order valence-corrected chi connectivity index (χ4v) is 3.77. The lowest BCUT2D eigenvalue weighted by Gasteiger charge is -2.24. The van der Waals surface area contributed by atoms with E-state index in [-0.39, 0.29) is 17.3 Å². The van der Waals surface area contributed by atoms with Gasteiger partial charge < -0.3 is 19.9 Å². The summed E-state index contributed by atoms with van der Waals surface area (Å²) in [6.07, 6.45) is -0.391. The maximum atomic E-state index is 13.2. The van der Waals surface area contributed by atoms with Gasteiger partial charge in [0.25, 0.3) is 11.8 Å². The summed E-state index contributed by atoms with van der Waals surface area (Å²) in [5, 5.41) is 1.05. The van der Waals surface area contributed by atoms with Gasteiger partial charge in [-0.1, -0.05) is 0 Å². The van der Waals surface area contributed by atoms with E-state index in [1.165, 1.54) is 50.6 Å². The van der Waals surface area contributed by atoms with Crippen LogP contribution in [0.15, 0.2) is 42.5 Å². The van der Waals surface area contributed by atoms with Crippen molar-refractivity contribution in [3.8, 4) is 11.5 Å². The number of nitrogens with zero attached hydrogens (tertiary/aromatic N) is 2. The highest BCUT2D eigenvalue weighted by Crippen LogP contribution is 2.27. The van der Waals surface area contributed by atoms with Gasteiger partial charge in [0.15, 0.2) is 0 Å². The molecular weight excluding hydrogens is 476 g/mol. The Kier molecular flexibility index (Phi) is 7.87. The van der Waals surface area contributed by atoms with E-state index in [1.807, 2.05) is 0 Å². The van der Waals surface area contributed by atoms with E-state index in [4.69, 9.17) is 32.2 Å². The maximum absolute atomic E-state index is 13.2. The van der Waals surface area contributed by atoms with E-state index < -0.39 is 36.2 Å². The molecule has 1 fully saturated rings. The second-order valence-electron chi connectivity index (χ2n) is 7.32. The average Bonchev–Trinajstić information content (AvgIpc) is 3.07. The quantitative estimate of drug-likeness (QED) is 0.386. The van der Waals surface area contributed by atoms with Crippen LogP contribution in [0.1, 0.15) is 34.1 Å². The van der Waals surface area contributed by atoms with Crippen molar-refractivity contribution >= 4 is 46.7 Å². The summed E-state index contributed by atoms with van der Waals surface area (Å²) in [6.45, 7) is 1.91. The number of ether oxygens (including phenoxy) is 3. The first-order valence-corrected chi connectivity index (χ1v) is 10.9. The zero-order valence-electron chi connectivity index (χ0n) is 19.3. The molecule has 1 saturated heterocycles. The molecule has 184 valence electrons. The minimum Gasteiger partial charge on any atom is -0.497 e. The number of hydrogen-bond donors (Lipinski definition) is 2. The monoisotopic (exact) mass is 500 g/mol. The van der Waals surface area contributed by atoms with Gasteiger partial charge in [-0.25, -0.2) is 9.80 Å². The second kappa shape index (κ2) is 10.8. The number of nitrogens with one attached hydrogen (secondary N) is 1. The van der Waals surface area contributed by atoms with Gasteiger partial charge in [-0.05, 0) is 55.5 Å². The number of methoxy groups -OCH3 is 2. The number of primary amides is 1. The number of benzene rings is 2. The first kappa shape index (κ1) is 25.4. The molecule has 0 radical (unpaired) electrons. The number of carbonyl (C=O) groups excluding carboxylic acids is 4. The number of hydrazine groups is 1. The number of carbonyl (C=O) groups is 4. The van der Waals surface area contributed by atoms with E-state index >= 15 is 0 Å². The van der Waals surface area contributed by atoms with E-state index in [2.05, 4.69) is 5.43 Å². The van der Waals surface area contributed by atoms with Gasteiger partial charge in [0.2, 0.25) is 11.0 Å². The van der Waals surface area contributed by atoms with Crippen LogP contribution < -0.4 is 25.5 Å². The Morgan fingerprint density at radius 3 is 2.14 bits per heavy atom. The molecule has 3 N–H and O–H groups in total. The van der Waals surface area contributed by atoms with Crippen molar-refractivity contribution in [3.63, 3.8) is 0 Å². The molecule has 1 aliphatic rings. The van der Waals surface area contributed by atoms with Gasteiger partial charge in [0.05, 0.1) is 38.5 Å². The van der Waals surface area contributed by atoms with Crippen molar-refractivity contribution in [1.29, 1.82) is 0 Å². The van der Waals surface area contributed by atoms with Crippen LogP contribution >= 0.6 is 12.2 Å². The largest absolute Gasteiger partial charge is 0.497 e. The molecule has 1 atom stereocenters. The Labute approximate surface area is 206 Å².